The molecule has 1 amide bonds. The summed E-state index contributed by atoms with van der Waals surface area (Å²) >= 11 is 0. The summed E-state index contributed by atoms with van der Waals surface area (Å²) in [6.45, 7) is 5.25. The van der Waals surface area contributed by atoms with Crippen molar-refractivity contribution in [2.75, 3.05) is 13.1 Å². The van der Waals surface area contributed by atoms with Crippen molar-refractivity contribution in [3.8, 4) is 0 Å². The van der Waals surface area contributed by atoms with Gasteiger partial charge in [0.2, 0.25) is 5.91 Å². The van der Waals surface area contributed by atoms with Crippen molar-refractivity contribution in [3.63, 3.8) is 0 Å². The predicted molar refractivity (Wildman–Crippen MR) is 66.2 cm³/mol. The zero-order chi connectivity index (χ0) is 12.9. The maximum Gasteiger partial charge on any atom is 0.237 e. The lowest BCUT2D eigenvalue weighted by molar-refractivity contribution is -0.126. The molecule has 0 saturated heterocycles. The van der Waals surface area contributed by atoms with E-state index in [1.54, 1.807) is 0 Å². The van der Waals surface area contributed by atoms with E-state index in [2.05, 4.69) is 29.2 Å². The topological polar surface area (TPSA) is 104 Å². The van der Waals surface area contributed by atoms with Gasteiger partial charge in [0.1, 0.15) is 0 Å². The molecule has 6 heteroatoms. The second-order valence-electron chi connectivity index (χ2n) is 5.49. The van der Waals surface area contributed by atoms with Crippen LogP contribution in [-0.2, 0) is 4.79 Å². The van der Waals surface area contributed by atoms with E-state index in [0.29, 0.717) is 13.1 Å². The molecule has 0 aromatic rings. The summed E-state index contributed by atoms with van der Waals surface area (Å²) < 4.78 is 0. The molecule has 1 aliphatic rings. The number of hydrogen-bond donors (Lipinski definition) is 2. The molecule has 0 aromatic carbocycles. The van der Waals surface area contributed by atoms with Crippen LogP contribution < -0.4 is 11.1 Å². The number of nitrogens with zero attached hydrogens (tertiary/aromatic N) is 3. The van der Waals surface area contributed by atoms with Crippen molar-refractivity contribution in [2.45, 2.75) is 45.1 Å². The Balaban J connectivity index is 2.59. The highest BCUT2D eigenvalue weighted by atomic mass is 16.1. The number of nitrogens with one attached hydrogen (secondary N) is 1. The van der Waals surface area contributed by atoms with Gasteiger partial charge >= 0.3 is 0 Å². The van der Waals surface area contributed by atoms with E-state index in [1.807, 2.05) is 0 Å². The Labute approximate surface area is 102 Å². The van der Waals surface area contributed by atoms with Gasteiger partial charge in [-0.25, -0.2) is 0 Å². The van der Waals surface area contributed by atoms with Gasteiger partial charge in [0.25, 0.3) is 0 Å². The Morgan fingerprint density at radius 1 is 1.41 bits per heavy atom. The molecule has 0 unspecified atom stereocenters. The minimum Gasteiger partial charge on any atom is -0.368 e. The van der Waals surface area contributed by atoms with Gasteiger partial charge in [-0.15, -0.1) is 0 Å². The summed E-state index contributed by atoms with van der Waals surface area (Å²) in [6.07, 6.45) is 3.46. The maximum absolute atomic E-state index is 11.6. The molecule has 6 nitrogen and oxygen atoms in total. The van der Waals surface area contributed by atoms with Gasteiger partial charge in [0.15, 0.2) is 0 Å². The number of primary amides is 1. The molecule has 1 rings (SSSR count). The molecule has 17 heavy (non-hydrogen) atoms. The molecule has 0 aliphatic heterocycles. The fraction of sp³-hybridized carbons (Fsp3) is 0.909. The van der Waals surface area contributed by atoms with E-state index in [4.69, 9.17) is 11.3 Å². The summed E-state index contributed by atoms with van der Waals surface area (Å²) in [5, 5.41) is 6.61. The van der Waals surface area contributed by atoms with E-state index in [0.717, 1.165) is 25.7 Å². The second-order valence-corrected chi connectivity index (χ2v) is 5.49. The average molecular weight is 239 g/mol. The third-order valence-electron chi connectivity index (χ3n) is 3.67. The highest BCUT2D eigenvalue weighted by Crippen LogP contribution is 2.39. The Bertz CT molecular complexity index is 323. The van der Waals surface area contributed by atoms with Gasteiger partial charge in [0.05, 0.1) is 5.54 Å². The fourth-order valence-corrected chi connectivity index (χ4v) is 2.25. The Kier molecular flexibility index (Phi) is 4.37. The van der Waals surface area contributed by atoms with Crippen LogP contribution in [0, 0.1) is 5.41 Å². The first-order valence-electron chi connectivity index (χ1n) is 5.98. The fourth-order valence-electron chi connectivity index (χ4n) is 2.25. The number of carbonyl (C=O) groups is 1. The summed E-state index contributed by atoms with van der Waals surface area (Å²) in [6, 6.07) is 0. The minimum atomic E-state index is -0.611. The van der Waals surface area contributed by atoms with E-state index >= 15 is 0 Å². The molecule has 0 radical (unpaired) electrons. The van der Waals surface area contributed by atoms with Crippen molar-refractivity contribution in [3.05, 3.63) is 10.4 Å². The molecule has 0 bridgehead atoms. The Morgan fingerprint density at radius 2 is 2.00 bits per heavy atom. The van der Waals surface area contributed by atoms with Crippen LogP contribution >= 0.6 is 0 Å². The molecule has 0 spiro atoms. The zero-order valence-corrected chi connectivity index (χ0v) is 10.6. The Hall–Kier alpha value is -1.26. The number of azide groups is 1. The minimum absolute atomic E-state index is 0.283. The molecule has 1 saturated carbocycles. The van der Waals surface area contributed by atoms with Crippen LogP contribution in [0.25, 0.3) is 10.4 Å². The number of rotatable bonds is 5. The first kappa shape index (κ1) is 13.8. The van der Waals surface area contributed by atoms with Gasteiger partial charge in [-0.3, -0.25) is 4.79 Å². The first-order chi connectivity index (χ1) is 7.92. The van der Waals surface area contributed by atoms with Crippen LogP contribution in [0.3, 0.4) is 0 Å². The zero-order valence-electron chi connectivity index (χ0n) is 10.6. The molecule has 96 valence electrons. The Morgan fingerprint density at radius 3 is 2.47 bits per heavy atom. The standard InChI is InChI=1S/C11H21N5O/c1-10(2)3-5-11(6-4-10,9(12)17)14-7-8-15-16-13/h14H,3-8H2,1-2H3,(H2,12,17). The molecule has 1 aliphatic carbocycles. The van der Waals surface area contributed by atoms with Crippen molar-refractivity contribution >= 4 is 5.91 Å². The summed E-state index contributed by atoms with van der Waals surface area (Å²) in [4.78, 5) is 14.3. The largest absolute Gasteiger partial charge is 0.368 e. The summed E-state index contributed by atoms with van der Waals surface area (Å²) in [5.74, 6) is -0.297. The van der Waals surface area contributed by atoms with Crippen LogP contribution in [0.5, 0.6) is 0 Å². The van der Waals surface area contributed by atoms with E-state index in [9.17, 15) is 4.79 Å². The predicted octanol–water partition coefficient (Wildman–Crippen LogP) is 1.71. The number of hydrogen-bond acceptors (Lipinski definition) is 3. The molecule has 0 aromatic heterocycles. The summed E-state index contributed by atoms with van der Waals surface area (Å²) in [5.41, 5.74) is 13.4. The van der Waals surface area contributed by atoms with E-state index in [1.165, 1.54) is 0 Å². The smallest absolute Gasteiger partial charge is 0.237 e. The molecule has 3 N–H and O–H groups in total. The number of nitrogens with two attached hydrogens (primary N) is 1. The van der Waals surface area contributed by atoms with E-state index in [-0.39, 0.29) is 11.3 Å². The number of amides is 1. The van der Waals surface area contributed by atoms with Gasteiger partial charge in [0, 0.05) is 18.0 Å². The molecule has 1 fully saturated rings. The summed E-state index contributed by atoms with van der Waals surface area (Å²) in [7, 11) is 0. The average Bonchev–Trinajstić information content (AvgIpc) is 2.26. The normalized spacial score (nSPS) is 21.5. The van der Waals surface area contributed by atoms with Crippen molar-refractivity contribution in [2.24, 2.45) is 16.3 Å². The van der Waals surface area contributed by atoms with Crippen LogP contribution in [0.15, 0.2) is 5.11 Å². The SMILES string of the molecule is CC1(C)CCC(NCCN=[N+]=[N-])(C(N)=O)CC1. The van der Waals surface area contributed by atoms with Crippen molar-refractivity contribution in [1.82, 2.24) is 5.32 Å². The second kappa shape index (κ2) is 5.38. The highest BCUT2D eigenvalue weighted by Gasteiger charge is 2.42. The molecule has 0 atom stereocenters. The van der Waals surface area contributed by atoms with Crippen LogP contribution in [-0.4, -0.2) is 24.5 Å². The van der Waals surface area contributed by atoms with Gasteiger partial charge in [-0.05, 0) is 36.6 Å². The number of carbonyl (C=O) groups excluding carboxylic acids is 1. The van der Waals surface area contributed by atoms with Crippen LogP contribution in [0.1, 0.15) is 39.5 Å². The van der Waals surface area contributed by atoms with Crippen LogP contribution in [0.2, 0.25) is 0 Å². The lowest BCUT2D eigenvalue weighted by Crippen LogP contribution is -2.58. The van der Waals surface area contributed by atoms with Crippen LogP contribution in [0.4, 0.5) is 0 Å². The van der Waals surface area contributed by atoms with Crippen molar-refractivity contribution < 1.29 is 4.79 Å². The lowest BCUT2D eigenvalue weighted by atomic mass is 9.69. The molecular weight excluding hydrogens is 218 g/mol. The lowest BCUT2D eigenvalue weighted by Gasteiger charge is -2.42. The first-order valence-corrected chi connectivity index (χ1v) is 5.98. The monoisotopic (exact) mass is 239 g/mol. The van der Waals surface area contributed by atoms with Crippen molar-refractivity contribution in [1.29, 1.82) is 0 Å². The third-order valence-corrected chi connectivity index (χ3v) is 3.67. The van der Waals surface area contributed by atoms with Gasteiger partial charge in [-0.1, -0.05) is 19.0 Å². The maximum atomic E-state index is 11.6. The quantitative estimate of drug-likeness (QED) is 0.330. The van der Waals surface area contributed by atoms with Gasteiger partial charge in [-0.2, -0.15) is 0 Å². The highest BCUT2D eigenvalue weighted by molar-refractivity contribution is 5.84. The third kappa shape index (κ3) is 3.61. The van der Waals surface area contributed by atoms with Gasteiger partial charge < -0.3 is 11.1 Å². The molecule has 0 heterocycles. The molecular formula is C11H21N5O. The van der Waals surface area contributed by atoms with E-state index < -0.39 is 5.54 Å².